The van der Waals surface area contributed by atoms with Crippen molar-refractivity contribution in [3.8, 4) is 0 Å². The van der Waals surface area contributed by atoms with Gasteiger partial charge in [0, 0.05) is 44.5 Å². The number of hydrogen-bond acceptors (Lipinski definition) is 4. The molecule has 2 aliphatic rings. The first-order valence-electron chi connectivity index (χ1n) is 9.38. The molecule has 1 aromatic heterocycles. The van der Waals surface area contributed by atoms with E-state index < -0.39 is 0 Å². The molecule has 0 aromatic carbocycles. The Bertz CT molecular complexity index is 627. The molecule has 2 N–H and O–H groups in total. The first-order chi connectivity index (χ1) is 11.9. The molecular formula is C18H31N5O2. The van der Waals surface area contributed by atoms with Gasteiger partial charge in [0.2, 0.25) is 0 Å². The van der Waals surface area contributed by atoms with Gasteiger partial charge in [-0.25, -0.2) is 4.79 Å². The van der Waals surface area contributed by atoms with Gasteiger partial charge in [-0.2, -0.15) is 0 Å². The summed E-state index contributed by atoms with van der Waals surface area (Å²) in [5.41, 5.74) is -0.256. The van der Waals surface area contributed by atoms with Crippen LogP contribution in [-0.4, -0.2) is 46.1 Å². The molecule has 140 valence electrons. The van der Waals surface area contributed by atoms with Crippen LogP contribution in [0.2, 0.25) is 0 Å². The summed E-state index contributed by atoms with van der Waals surface area (Å²) >= 11 is 0. The smallest absolute Gasteiger partial charge is 0.315 e. The van der Waals surface area contributed by atoms with Crippen molar-refractivity contribution >= 4 is 6.03 Å². The maximum absolute atomic E-state index is 12.2. The number of fused-ring (bicyclic) bond motifs is 1. The topological polar surface area (TPSA) is 81.1 Å². The van der Waals surface area contributed by atoms with Crippen LogP contribution in [0.4, 0.5) is 4.79 Å². The predicted octanol–water partition coefficient (Wildman–Crippen LogP) is 2.05. The summed E-state index contributed by atoms with van der Waals surface area (Å²) in [7, 11) is 1.74. The lowest BCUT2D eigenvalue weighted by Gasteiger charge is -2.59. The van der Waals surface area contributed by atoms with Gasteiger partial charge in [0.1, 0.15) is 11.6 Å². The molecule has 1 aromatic rings. The Hall–Kier alpha value is -1.63. The number of urea groups is 1. The molecular weight excluding hydrogens is 318 g/mol. The van der Waals surface area contributed by atoms with Crippen molar-refractivity contribution in [2.75, 3.05) is 13.7 Å². The molecule has 3 rings (SSSR count). The van der Waals surface area contributed by atoms with E-state index in [9.17, 15) is 4.79 Å². The lowest BCUT2D eigenvalue weighted by Crippen LogP contribution is -2.69. The number of nitrogens with zero attached hydrogens (tertiary/aromatic N) is 3. The molecule has 1 fully saturated rings. The van der Waals surface area contributed by atoms with Gasteiger partial charge in [-0.3, -0.25) is 0 Å². The summed E-state index contributed by atoms with van der Waals surface area (Å²) < 4.78 is 7.83. The molecule has 0 saturated heterocycles. The number of methoxy groups -OCH3 is 1. The van der Waals surface area contributed by atoms with E-state index in [-0.39, 0.29) is 23.1 Å². The van der Waals surface area contributed by atoms with Crippen LogP contribution >= 0.6 is 0 Å². The first-order valence-corrected chi connectivity index (χ1v) is 9.38. The van der Waals surface area contributed by atoms with E-state index in [0.29, 0.717) is 13.0 Å². The van der Waals surface area contributed by atoms with Gasteiger partial charge < -0.3 is 19.9 Å². The molecule has 25 heavy (non-hydrogen) atoms. The van der Waals surface area contributed by atoms with Gasteiger partial charge in [0.05, 0.1) is 5.60 Å². The average Bonchev–Trinajstić information content (AvgIpc) is 2.81. The van der Waals surface area contributed by atoms with E-state index in [4.69, 9.17) is 4.74 Å². The van der Waals surface area contributed by atoms with Crippen LogP contribution in [0.5, 0.6) is 0 Å². The minimum atomic E-state index is -0.177. The number of aromatic nitrogens is 3. The number of rotatable bonds is 5. The van der Waals surface area contributed by atoms with Crippen LogP contribution in [-0.2, 0) is 24.1 Å². The lowest BCUT2D eigenvalue weighted by atomic mass is 9.56. The van der Waals surface area contributed by atoms with Gasteiger partial charge in [0.25, 0.3) is 0 Å². The normalized spacial score (nSPS) is 27.8. The van der Waals surface area contributed by atoms with E-state index in [1.165, 1.54) is 19.3 Å². The molecule has 2 atom stereocenters. The van der Waals surface area contributed by atoms with Gasteiger partial charge in [-0.15, -0.1) is 10.2 Å². The minimum absolute atomic E-state index is 0.0799. The fourth-order valence-corrected chi connectivity index (χ4v) is 3.95. The molecule has 1 aliphatic carbocycles. The zero-order chi connectivity index (χ0) is 18.1. The molecule has 1 aliphatic heterocycles. The van der Waals surface area contributed by atoms with Crippen LogP contribution in [0.15, 0.2) is 0 Å². The fraction of sp³-hybridized carbons (Fsp3) is 0.833. The molecule has 7 nitrogen and oxygen atoms in total. The first kappa shape index (κ1) is 18.2. The van der Waals surface area contributed by atoms with Crippen molar-refractivity contribution in [3.05, 3.63) is 11.6 Å². The van der Waals surface area contributed by atoms with Crippen LogP contribution in [0.1, 0.15) is 58.1 Å². The molecule has 0 radical (unpaired) electrons. The summed E-state index contributed by atoms with van der Waals surface area (Å²) in [5, 5.41) is 14.6. The van der Waals surface area contributed by atoms with Crippen LogP contribution in [0.3, 0.4) is 0 Å². The Balaban J connectivity index is 1.46. The number of hydrogen-bond donors (Lipinski definition) is 2. The highest BCUT2D eigenvalue weighted by Crippen LogP contribution is 2.51. The Labute approximate surface area is 149 Å². The molecule has 0 unspecified atom stereocenters. The van der Waals surface area contributed by atoms with Gasteiger partial charge in [0.15, 0.2) is 0 Å². The number of amides is 2. The maximum atomic E-state index is 12.2. The van der Waals surface area contributed by atoms with Gasteiger partial charge in [-0.05, 0) is 26.2 Å². The monoisotopic (exact) mass is 349 g/mol. The highest BCUT2D eigenvalue weighted by molar-refractivity contribution is 5.74. The maximum Gasteiger partial charge on any atom is 0.315 e. The molecule has 0 spiro atoms. The number of ether oxygens (including phenoxy) is 1. The average molecular weight is 349 g/mol. The third-order valence-electron chi connectivity index (χ3n) is 6.40. The summed E-state index contributed by atoms with van der Waals surface area (Å²) in [6.45, 7) is 7.93. The number of aryl methyl sites for hydroxylation is 1. The van der Waals surface area contributed by atoms with Gasteiger partial charge >= 0.3 is 6.03 Å². The van der Waals surface area contributed by atoms with E-state index in [2.05, 4.69) is 46.2 Å². The Morgan fingerprint density at radius 1 is 1.28 bits per heavy atom. The van der Waals surface area contributed by atoms with Crippen LogP contribution in [0.25, 0.3) is 0 Å². The van der Waals surface area contributed by atoms with E-state index in [1.807, 2.05) is 0 Å². The van der Waals surface area contributed by atoms with Crippen LogP contribution in [0, 0.1) is 5.41 Å². The second kappa shape index (κ2) is 6.94. The standard InChI is InChI=1S/C18H31N5O2/c1-17(2)13(12-18(17,3)25-4)20-16(24)19-10-9-15-22-21-14-8-6-5-7-11-23(14)15/h13H,5-12H2,1-4H3,(H2,19,20,24)/t13-,18-/m1/s1. The van der Waals surface area contributed by atoms with Crippen molar-refractivity contribution in [1.82, 2.24) is 25.4 Å². The largest absolute Gasteiger partial charge is 0.378 e. The zero-order valence-corrected chi connectivity index (χ0v) is 15.9. The third kappa shape index (κ3) is 3.38. The van der Waals surface area contributed by atoms with Crippen molar-refractivity contribution in [3.63, 3.8) is 0 Å². The van der Waals surface area contributed by atoms with Crippen molar-refractivity contribution in [2.24, 2.45) is 5.41 Å². The van der Waals surface area contributed by atoms with E-state index >= 15 is 0 Å². The van der Waals surface area contributed by atoms with Crippen molar-refractivity contribution in [2.45, 2.75) is 77.5 Å². The lowest BCUT2D eigenvalue weighted by molar-refractivity contribution is -0.177. The number of nitrogens with one attached hydrogen (secondary N) is 2. The highest BCUT2D eigenvalue weighted by Gasteiger charge is 2.58. The molecule has 1 saturated carbocycles. The van der Waals surface area contributed by atoms with Gasteiger partial charge in [-0.1, -0.05) is 20.3 Å². The summed E-state index contributed by atoms with van der Waals surface area (Å²) in [5.74, 6) is 2.07. The third-order valence-corrected chi connectivity index (χ3v) is 6.40. The highest BCUT2D eigenvalue weighted by atomic mass is 16.5. The molecule has 2 heterocycles. The SMILES string of the molecule is CO[C@]1(C)C[C@@H](NC(=O)NCCc2nnc3n2CCCCC3)C1(C)C. The molecule has 7 heteroatoms. The number of carbonyl (C=O) groups is 1. The second-order valence-electron chi connectivity index (χ2n) is 8.06. The molecule has 0 bridgehead atoms. The van der Waals surface area contributed by atoms with E-state index in [1.54, 1.807) is 7.11 Å². The Kier molecular flexibility index (Phi) is 5.04. The molecule has 2 amide bonds. The van der Waals surface area contributed by atoms with Crippen molar-refractivity contribution < 1.29 is 9.53 Å². The van der Waals surface area contributed by atoms with Crippen molar-refractivity contribution in [1.29, 1.82) is 0 Å². The summed E-state index contributed by atoms with van der Waals surface area (Å²) in [4.78, 5) is 12.2. The summed E-state index contributed by atoms with van der Waals surface area (Å²) in [6, 6.07) is 0.00801. The Morgan fingerprint density at radius 2 is 2.08 bits per heavy atom. The zero-order valence-electron chi connectivity index (χ0n) is 15.9. The van der Waals surface area contributed by atoms with Crippen LogP contribution < -0.4 is 10.6 Å². The summed E-state index contributed by atoms with van der Waals surface area (Å²) in [6.07, 6.45) is 6.18. The van der Waals surface area contributed by atoms with E-state index in [0.717, 1.165) is 31.0 Å². The number of carbonyl (C=O) groups excluding carboxylic acids is 1. The minimum Gasteiger partial charge on any atom is -0.378 e. The quantitative estimate of drug-likeness (QED) is 0.852. The predicted molar refractivity (Wildman–Crippen MR) is 95.4 cm³/mol. The second-order valence-corrected chi connectivity index (χ2v) is 8.06. The Morgan fingerprint density at radius 3 is 2.80 bits per heavy atom. The fourth-order valence-electron chi connectivity index (χ4n) is 3.95.